The zero-order chi connectivity index (χ0) is 9.14. The van der Waals surface area contributed by atoms with Crippen molar-refractivity contribution in [2.75, 3.05) is 7.11 Å². The summed E-state index contributed by atoms with van der Waals surface area (Å²) in [6.07, 6.45) is -2.48. The van der Waals surface area contributed by atoms with Gasteiger partial charge in [-0.15, -0.1) is 0 Å². The molecule has 1 aromatic rings. The number of halogens is 3. The van der Waals surface area contributed by atoms with Crippen molar-refractivity contribution in [1.82, 2.24) is 0 Å². The van der Waals surface area contributed by atoms with Crippen molar-refractivity contribution in [1.29, 1.82) is 0 Å². The van der Waals surface area contributed by atoms with Crippen molar-refractivity contribution in [3.63, 3.8) is 0 Å². The van der Waals surface area contributed by atoms with Crippen LogP contribution in [0.3, 0.4) is 0 Å². The van der Waals surface area contributed by atoms with Crippen LogP contribution in [0.15, 0.2) is 22.7 Å². The SMILES string of the molecule is COc1ccc(Br)c(C(F)F)c1. The monoisotopic (exact) mass is 236 g/mol. The summed E-state index contributed by atoms with van der Waals surface area (Å²) in [4.78, 5) is 0. The van der Waals surface area contributed by atoms with Crippen molar-refractivity contribution in [3.8, 4) is 5.75 Å². The number of benzene rings is 1. The summed E-state index contributed by atoms with van der Waals surface area (Å²) >= 11 is 3.02. The third-order valence-electron chi connectivity index (χ3n) is 1.44. The van der Waals surface area contributed by atoms with Crippen LogP contribution in [-0.2, 0) is 0 Å². The van der Waals surface area contributed by atoms with E-state index in [1.807, 2.05) is 0 Å². The summed E-state index contributed by atoms with van der Waals surface area (Å²) in [7, 11) is 1.44. The Bertz CT molecular complexity index is 276. The molecule has 66 valence electrons. The first kappa shape index (κ1) is 9.45. The van der Waals surface area contributed by atoms with Crippen LogP contribution in [0.5, 0.6) is 5.75 Å². The Labute approximate surface area is 77.5 Å². The Morgan fingerprint density at radius 1 is 1.42 bits per heavy atom. The lowest BCUT2D eigenvalue weighted by Crippen LogP contribution is -1.89. The molecule has 0 N–H and O–H groups in total. The minimum absolute atomic E-state index is 0.0469. The second-order valence-electron chi connectivity index (χ2n) is 2.19. The number of hydrogen-bond acceptors (Lipinski definition) is 1. The third kappa shape index (κ3) is 1.94. The van der Waals surface area contributed by atoms with E-state index in [0.29, 0.717) is 10.2 Å². The first-order chi connectivity index (χ1) is 5.65. The lowest BCUT2D eigenvalue weighted by atomic mass is 10.2. The molecular weight excluding hydrogens is 230 g/mol. The van der Waals surface area contributed by atoms with Gasteiger partial charge in [-0.3, -0.25) is 0 Å². The quantitative estimate of drug-likeness (QED) is 0.765. The van der Waals surface area contributed by atoms with Crippen LogP contribution < -0.4 is 4.74 Å². The molecule has 0 aliphatic rings. The van der Waals surface area contributed by atoms with Crippen molar-refractivity contribution >= 4 is 15.9 Å². The van der Waals surface area contributed by atoms with Gasteiger partial charge in [-0.1, -0.05) is 15.9 Å². The number of methoxy groups -OCH3 is 1. The predicted octanol–water partition coefficient (Wildman–Crippen LogP) is 3.40. The number of rotatable bonds is 2. The molecule has 0 saturated carbocycles. The Hall–Kier alpha value is -0.640. The molecule has 4 heteroatoms. The summed E-state index contributed by atoms with van der Waals surface area (Å²) in [5, 5.41) is 0. The first-order valence-corrected chi connectivity index (χ1v) is 4.06. The van der Waals surface area contributed by atoms with Crippen LogP contribution in [0.25, 0.3) is 0 Å². The Balaban J connectivity index is 3.08. The molecule has 1 rings (SSSR count). The molecule has 0 aliphatic heterocycles. The zero-order valence-corrected chi connectivity index (χ0v) is 7.94. The smallest absolute Gasteiger partial charge is 0.265 e. The van der Waals surface area contributed by atoms with E-state index in [1.54, 1.807) is 12.1 Å². The Morgan fingerprint density at radius 3 is 2.58 bits per heavy atom. The Kier molecular flexibility index (Phi) is 3.03. The van der Waals surface area contributed by atoms with E-state index in [-0.39, 0.29) is 5.56 Å². The van der Waals surface area contributed by atoms with Crippen LogP contribution in [-0.4, -0.2) is 7.11 Å². The van der Waals surface area contributed by atoms with Crippen molar-refractivity contribution in [2.24, 2.45) is 0 Å². The van der Waals surface area contributed by atoms with Gasteiger partial charge in [0.25, 0.3) is 6.43 Å². The first-order valence-electron chi connectivity index (χ1n) is 3.26. The molecule has 0 unspecified atom stereocenters. The molecule has 0 heterocycles. The van der Waals surface area contributed by atoms with Gasteiger partial charge >= 0.3 is 0 Å². The van der Waals surface area contributed by atoms with Gasteiger partial charge in [-0.05, 0) is 18.2 Å². The molecule has 1 nitrogen and oxygen atoms in total. The molecule has 0 bridgehead atoms. The minimum Gasteiger partial charge on any atom is -0.497 e. The number of hydrogen-bond donors (Lipinski definition) is 0. The van der Waals surface area contributed by atoms with Crippen LogP contribution in [0.1, 0.15) is 12.0 Å². The molecule has 0 saturated heterocycles. The number of alkyl halides is 2. The molecule has 12 heavy (non-hydrogen) atoms. The highest BCUT2D eigenvalue weighted by Gasteiger charge is 2.11. The van der Waals surface area contributed by atoms with Gasteiger partial charge in [0.2, 0.25) is 0 Å². The summed E-state index contributed by atoms with van der Waals surface area (Å²) < 4.78 is 29.7. The topological polar surface area (TPSA) is 9.23 Å². The average Bonchev–Trinajstić information content (AvgIpc) is 2.05. The van der Waals surface area contributed by atoms with Crippen LogP contribution in [0.2, 0.25) is 0 Å². The van der Waals surface area contributed by atoms with Crippen LogP contribution in [0, 0.1) is 0 Å². The summed E-state index contributed by atoms with van der Waals surface area (Å²) in [5.74, 6) is 0.438. The largest absolute Gasteiger partial charge is 0.497 e. The maximum absolute atomic E-state index is 12.3. The molecule has 0 radical (unpaired) electrons. The highest BCUT2D eigenvalue weighted by molar-refractivity contribution is 9.10. The standard InChI is InChI=1S/C8H7BrF2O/c1-12-5-2-3-7(9)6(4-5)8(10)11/h2-4,8H,1H3. The van der Waals surface area contributed by atoms with E-state index >= 15 is 0 Å². The Morgan fingerprint density at radius 2 is 2.08 bits per heavy atom. The lowest BCUT2D eigenvalue weighted by Gasteiger charge is -2.05. The summed E-state index contributed by atoms with van der Waals surface area (Å²) in [6, 6.07) is 4.48. The van der Waals surface area contributed by atoms with Gasteiger partial charge in [0, 0.05) is 10.0 Å². The highest BCUT2D eigenvalue weighted by atomic mass is 79.9. The van der Waals surface area contributed by atoms with E-state index in [4.69, 9.17) is 4.74 Å². The van der Waals surface area contributed by atoms with Gasteiger partial charge in [0.15, 0.2) is 0 Å². The molecule has 0 aromatic heterocycles. The number of ether oxygens (including phenoxy) is 1. The second-order valence-corrected chi connectivity index (χ2v) is 3.04. The van der Waals surface area contributed by atoms with Crippen molar-refractivity contribution in [2.45, 2.75) is 6.43 Å². The highest BCUT2D eigenvalue weighted by Crippen LogP contribution is 2.30. The molecule has 0 aliphatic carbocycles. The average molecular weight is 237 g/mol. The van der Waals surface area contributed by atoms with E-state index < -0.39 is 6.43 Å². The van der Waals surface area contributed by atoms with Gasteiger partial charge in [0.1, 0.15) is 5.75 Å². The molecule has 1 aromatic carbocycles. The van der Waals surface area contributed by atoms with Crippen molar-refractivity contribution < 1.29 is 13.5 Å². The summed E-state index contributed by atoms with van der Waals surface area (Å²) in [5.41, 5.74) is -0.0469. The van der Waals surface area contributed by atoms with E-state index in [0.717, 1.165) is 0 Å². The minimum atomic E-state index is -2.48. The molecule has 0 fully saturated rings. The molecular formula is C8H7BrF2O. The van der Waals surface area contributed by atoms with Gasteiger partial charge < -0.3 is 4.74 Å². The fourth-order valence-corrected chi connectivity index (χ4v) is 1.24. The fraction of sp³-hybridized carbons (Fsp3) is 0.250. The van der Waals surface area contributed by atoms with E-state index in [1.165, 1.54) is 13.2 Å². The van der Waals surface area contributed by atoms with Gasteiger partial charge in [-0.25, -0.2) is 8.78 Å². The zero-order valence-electron chi connectivity index (χ0n) is 6.35. The fourth-order valence-electron chi connectivity index (χ4n) is 0.816. The predicted molar refractivity (Wildman–Crippen MR) is 45.7 cm³/mol. The normalized spacial score (nSPS) is 10.4. The lowest BCUT2D eigenvalue weighted by molar-refractivity contribution is 0.150. The van der Waals surface area contributed by atoms with Gasteiger partial charge in [-0.2, -0.15) is 0 Å². The van der Waals surface area contributed by atoms with Crippen LogP contribution in [0.4, 0.5) is 8.78 Å². The maximum Gasteiger partial charge on any atom is 0.265 e. The summed E-state index contributed by atoms with van der Waals surface area (Å²) in [6.45, 7) is 0. The molecule has 0 atom stereocenters. The maximum atomic E-state index is 12.3. The second kappa shape index (κ2) is 3.85. The molecule has 0 spiro atoms. The van der Waals surface area contributed by atoms with E-state index in [9.17, 15) is 8.78 Å². The third-order valence-corrected chi connectivity index (χ3v) is 2.16. The molecule has 0 amide bonds. The van der Waals surface area contributed by atoms with Gasteiger partial charge in [0.05, 0.1) is 7.11 Å². The van der Waals surface area contributed by atoms with Crippen LogP contribution >= 0.6 is 15.9 Å². The van der Waals surface area contributed by atoms with Crippen molar-refractivity contribution in [3.05, 3.63) is 28.2 Å². The van der Waals surface area contributed by atoms with E-state index in [2.05, 4.69) is 15.9 Å².